The number of rotatable bonds is 6. The molecule has 0 unspecified atom stereocenters. The molecule has 1 saturated heterocycles. The Balaban J connectivity index is 1.64. The lowest BCUT2D eigenvalue weighted by Gasteiger charge is -2.37. The number of ether oxygens (including phenoxy) is 1. The van der Waals surface area contributed by atoms with E-state index in [0.29, 0.717) is 48.8 Å². The number of azide groups is 1. The summed E-state index contributed by atoms with van der Waals surface area (Å²) in [6.45, 7) is 3.28. The number of carbonyl (C=O) groups is 1. The normalized spacial score (nSPS) is 17.8. The molecule has 1 aliphatic rings. The maximum Gasteiger partial charge on any atom is 0.404 e. The predicted molar refractivity (Wildman–Crippen MR) is 119 cm³/mol. The minimum Gasteiger partial charge on any atom is -0.492 e. The summed E-state index contributed by atoms with van der Waals surface area (Å²) in [7, 11) is 0. The molecular weight excluding hydrogens is 426 g/mol. The average molecular weight is 447 g/mol. The van der Waals surface area contributed by atoms with Crippen LogP contribution >= 0.6 is 0 Å². The van der Waals surface area contributed by atoms with Gasteiger partial charge in [-0.2, -0.15) is 10.4 Å². The van der Waals surface area contributed by atoms with Gasteiger partial charge in [0.2, 0.25) is 0 Å². The molecule has 3 aromatic rings. The molecule has 3 aromatic heterocycles. The summed E-state index contributed by atoms with van der Waals surface area (Å²) in [5.74, 6) is 1.29. The Kier molecular flexibility index (Phi) is 6.15. The van der Waals surface area contributed by atoms with Crippen molar-refractivity contribution in [3.63, 3.8) is 0 Å². The van der Waals surface area contributed by atoms with Gasteiger partial charge in [-0.15, -0.1) is 0 Å². The quantitative estimate of drug-likeness (QED) is 0.333. The fraction of sp³-hybridized carbons (Fsp3) is 0.333. The van der Waals surface area contributed by atoms with Crippen LogP contribution in [0.5, 0.6) is 5.75 Å². The van der Waals surface area contributed by atoms with E-state index in [1.165, 1.54) is 6.20 Å². The van der Waals surface area contributed by atoms with Crippen LogP contribution in [0.1, 0.15) is 18.9 Å². The van der Waals surface area contributed by atoms with Crippen molar-refractivity contribution in [2.24, 2.45) is 5.11 Å². The van der Waals surface area contributed by atoms with Crippen LogP contribution in [0.25, 0.3) is 27.1 Å². The molecule has 0 aromatic carbocycles. The standard InChI is InChI=1S/C21H21N9O3/c1-2-33-15-7-16(20-14(8-22)10-25-30(20)11-15)13-3-4-19(24-9-13)29-6-5-17(27-28-23)18(12-29)26-21(31)32/h3-4,7,9-11,17-18,26H,2,5-6,12H2,1H3,(H,31,32)/t17-,18+/m0/s1. The monoisotopic (exact) mass is 447 g/mol. The molecule has 2 N–H and O–H groups in total. The Labute approximate surface area is 188 Å². The lowest BCUT2D eigenvalue weighted by Crippen LogP contribution is -2.54. The van der Waals surface area contributed by atoms with Gasteiger partial charge in [-0.25, -0.2) is 14.3 Å². The van der Waals surface area contributed by atoms with Crippen molar-refractivity contribution in [2.75, 3.05) is 24.6 Å². The Morgan fingerprint density at radius 3 is 3.00 bits per heavy atom. The second-order valence-electron chi connectivity index (χ2n) is 7.45. The second kappa shape index (κ2) is 9.33. The van der Waals surface area contributed by atoms with Crippen molar-refractivity contribution in [1.82, 2.24) is 19.9 Å². The van der Waals surface area contributed by atoms with Crippen molar-refractivity contribution in [3.8, 4) is 22.9 Å². The first-order chi connectivity index (χ1) is 16.0. The van der Waals surface area contributed by atoms with Crippen LogP contribution < -0.4 is 15.0 Å². The van der Waals surface area contributed by atoms with E-state index >= 15 is 0 Å². The molecule has 12 heteroatoms. The minimum atomic E-state index is -1.17. The summed E-state index contributed by atoms with van der Waals surface area (Å²) in [5, 5.41) is 29.0. The molecule has 168 valence electrons. The predicted octanol–water partition coefficient (Wildman–Crippen LogP) is 3.19. The van der Waals surface area contributed by atoms with Crippen molar-refractivity contribution < 1.29 is 14.6 Å². The fourth-order valence-corrected chi connectivity index (χ4v) is 4.03. The van der Waals surface area contributed by atoms with E-state index in [1.807, 2.05) is 30.0 Å². The zero-order valence-electron chi connectivity index (χ0n) is 17.8. The van der Waals surface area contributed by atoms with E-state index in [4.69, 9.17) is 15.4 Å². The van der Waals surface area contributed by atoms with E-state index in [9.17, 15) is 10.1 Å². The zero-order valence-corrected chi connectivity index (χ0v) is 17.8. The van der Waals surface area contributed by atoms with Gasteiger partial charge in [0.15, 0.2) is 0 Å². The summed E-state index contributed by atoms with van der Waals surface area (Å²) < 4.78 is 7.27. The van der Waals surface area contributed by atoms with Crippen LogP contribution in [0.3, 0.4) is 0 Å². The number of hydrogen-bond donors (Lipinski definition) is 2. The highest BCUT2D eigenvalue weighted by molar-refractivity contribution is 5.85. The number of carboxylic acid groups (broad SMARTS) is 1. The Morgan fingerprint density at radius 1 is 1.48 bits per heavy atom. The minimum absolute atomic E-state index is 0.327. The Morgan fingerprint density at radius 2 is 2.33 bits per heavy atom. The molecule has 4 heterocycles. The maximum absolute atomic E-state index is 11.2. The molecule has 1 fully saturated rings. The molecule has 0 saturated carbocycles. The molecule has 4 rings (SSSR count). The number of piperidine rings is 1. The summed E-state index contributed by atoms with van der Waals surface area (Å²) in [6.07, 6.45) is 4.27. The highest BCUT2D eigenvalue weighted by Crippen LogP contribution is 2.31. The van der Waals surface area contributed by atoms with Crippen LogP contribution in [0.2, 0.25) is 0 Å². The molecule has 0 spiro atoms. The van der Waals surface area contributed by atoms with Gasteiger partial charge in [0.25, 0.3) is 0 Å². The number of amides is 1. The lowest BCUT2D eigenvalue weighted by atomic mass is 10.00. The topological polar surface area (TPSA) is 165 Å². The van der Waals surface area contributed by atoms with Crippen molar-refractivity contribution >= 4 is 17.4 Å². The number of nitriles is 1. The maximum atomic E-state index is 11.2. The Bertz CT molecular complexity index is 1260. The first kappa shape index (κ1) is 21.7. The Hall–Kier alpha value is -4.49. The van der Waals surface area contributed by atoms with Crippen LogP contribution in [0.4, 0.5) is 10.6 Å². The van der Waals surface area contributed by atoms with Crippen molar-refractivity contribution in [1.29, 1.82) is 5.26 Å². The zero-order chi connectivity index (χ0) is 23.4. The molecule has 1 aliphatic heterocycles. The SMILES string of the molecule is CCOc1cc(-c2ccc(N3CC[C@H](N=[N+]=[N-])[C@H](NC(=O)O)C3)nc2)c2c(C#N)cnn2c1. The van der Waals surface area contributed by atoms with Gasteiger partial charge >= 0.3 is 6.09 Å². The number of nitrogens with one attached hydrogen (secondary N) is 1. The van der Waals surface area contributed by atoms with Gasteiger partial charge < -0.3 is 20.1 Å². The molecule has 33 heavy (non-hydrogen) atoms. The van der Waals surface area contributed by atoms with Gasteiger partial charge in [-0.1, -0.05) is 5.11 Å². The average Bonchev–Trinajstić information content (AvgIpc) is 3.23. The third-order valence-electron chi connectivity index (χ3n) is 5.49. The fourth-order valence-electron chi connectivity index (χ4n) is 4.03. The number of pyridine rings is 2. The van der Waals surface area contributed by atoms with Crippen molar-refractivity contribution in [3.05, 3.63) is 52.8 Å². The number of hydrogen-bond acceptors (Lipinski definition) is 7. The first-order valence-corrected chi connectivity index (χ1v) is 10.3. The van der Waals surface area contributed by atoms with Gasteiger partial charge in [0.1, 0.15) is 17.6 Å². The van der Waals surface area contributed by atoms with Crippen LogP contribution in [0, 0.1) is 11.3 Å². The largest absolute Gasteiger partial charge is 0.492 e. The highest BCUT2D eigenvalue weighted by atomic mass is 16.5. The second-order valence-corrected chi connectivity index (χ2v) is 7.45. The van der Waals surface area contributed by atoms with Gasteiger partial charge in [-0.05, 0) is 37.1 Å². The third-order valence-corrected chi connectivity index (χ3v) is 5.49. The molecule has 12 nitrogen and oxygen atoms in total. The summed E-state index contributed by atoms with van der Waals surface area (Å²) in [4.78, 5) is 20.5. The van der Waals surface area contributed by atoms with Crippen LogP contribution in [-0.2, 0) is 0 Å². The van der Waals surface area contributed by atoms with E-state index in [0.717, 1.165) is 11.1 Å². The van der Waals surface area contributed by atoms with E-state index in [2.05, 4.69) is 31.5 Å². The highest BCUT2D eigenvalue weighted by Gasteiger charge is 2.30. The number of nitrogens with zero attached hydrogens (tertiary/aromatic N) is 8. The molecule has 0 radical (unpaired) electrons. The number of aromatic nitrogens is 3. The van der Waals surface area contributed by atoms with E-state index in [-0.39, 0.29) is 0 Å². The van der Waals surface area contributed by atoms with Crippen LogP contribution in [-0.4, -0.2) is 57.6 Å². The molecule has 1 amide bonds. The van der Waals surface area contributed by atoms with E-state index in [1.54, 1.807) is 16.9 Å². The summed E-state index contributed by atoms with van der Waals surface area (Å²) >= 11 is 0. The van der Waals surface area contributed by atoms with Gasteiger partial charge in [0.05, 0.1) is 42.2 Å². The first-order valence-electron chi connectivity index (χ1n) is 10.3. The number of fused-ring (bicyclic) bond motifs is 1. The smallest absolute Gasteiger partial charge is 0.404 e. The van der Waals surface area contributed by atoms with E-state index < -0.39 is 18.2 Å². The van der Waals surface area contributed by atoms with Crippen molar-refractivity contribution in [2.45, 2.75) is 25.4 Å². The molecule has 0 bridgehead atoms. The van der Waals surface area contributed by atoms with Crippen LogP contribution in [0.15, 0.2) is 41.9 Å². The molecular formula is C21H21N9O3. The summed E-state index contributed by atoms with van der Waals surface area (Å²) in [5.41, 5.74) is 11.4. The number of anilines is 1. The molecule has 2 atom stereocenters. The lowest BCUT2D eigenvalue weighted by molar-refractivity contribution is 0.186. The van der Waals surface area contributed by atoms with Gasteiger partial charge in [-0.3, -0.25) is 0 Å². The summed E-state index contributed by atoms with van der Waals surface area (Å²) in [6, 6.07) is 6.76. The van der Waals surface area contributed by atoms with Gasteiger partial charge in [0, 0.05) is 35.3 Å². The molecule has 0 aliphatic carbocycles. The third kappa shape index (κ3) is 4.44.